The van der Waals surface area contributed by atoms with Crippen molar-refractivity contribution in [1.29, 1.82) is 0 Å². The SMILES string of the molecule is CCCC(C)C(O)CCC(F)(F)F. The quantitative estimate of drug-likeness (QED) is 0.719. The molecule has 0 rings (SSSR count). The molecule has 0 spiro atoms. The van der Waals surface area contributed by atoms with E-state index < -0.39 is 18.7 Å². The summed E-state index contributed by atoms with van der Waals surface area (Å²) in [5.41, 5.74) is 0. The summed E-state index contributed by atoms with van der Waals surface area (Å²) in [7, 11) is 0. The van der Waals surface area contributed by atoms with Gasteiger partial charge in [0, 0.05) is 6.42 Å². The number of hydrogen-bond donors (Lipinski definition) is 1. The maximum absolute atomic E-state index is 11.8. The Bertz CT molecular complexity index is 133. The van der Waals surface area contributed by atoms with Crippen molar-refractivity contribution in [1.82, 2.24) is 0 Å². The van der Waals surface area contributed by atoms with Gasteiger partial charge < -0.3 is 5.11 Å². The first-order valence-electron chi connectivity index (χ1n) is 4.61. The maximum atomic E-state index is 11.8. The Balaban J connectivity index is 3.67. The van der Waals surface area contributed by atoms with Crippen LogP contribution in [-0.4, -0.2) is 17.4 Å². The van der Waals surface area contributed by atoms with Crippen LogP contribution in [0.25, 0.3) is 0 Å². The third-order valence-corrected chi connectivity index (χ3v) is 2.12. The minimum absolute atomic E-state index is 0.0349. The first kappa shape index (κ1) is 12.8. The van der Waals surface area contributed by atoms with Gasteiger partial charge in [0.2, 0.25) is 0 Å². The van der Waals surface area contributed by atoms with Crippen LogP contribution in [0, 0.1) is 5.92 Å². The monoisotopic (exact) mass is 198 g/mol. The minimum Gasteiger partial charge on any atom is -0.393 e. The highest BCUT2D eigenvalue weighted by molar-refractivity contribution is 4.66. The first-order valence-corrected chi connectivity index (χ1v) is 4.61. The lowest BCUT2D eigenvalue weighted by Crippen LogP contribution is -2.20. The average Bonchev–Trinajstić information content (AvgIpc) is 1.99. The van der Waals surface area contributed by atoms with Gasteiger partial charge in [0.1, 0.15) is 0 Å². The van der Waals surface area contributed by atoms with Crippen LogP contribution in [0.15, 0.2) is 0 Å². The molecule has 80 valence electrons. The standard InChI is InChI=1S/C9H17F3O/c1-3-4-7(2)8(13)5-6-9(10,11)12/h7-8,13H,3-6H2,1-2H3. The summed E-state index contributed by atoms with van der Waals surface area (Å²) in [5, 5.41) is 9.31. The summed E-state index contributed by atoms with van der Waals surface area (Å²) in [6.07, 6.45) is -4.36. The van der Waals surface area contributed by atoms with Crippen LogP contribution in [0.5, 0.6) is 0 Å². The highest BCUT2D eigenvalue weighted by atomic mass is 19.4. The lowest BCUT2D eigenvalue weighted by atomic mass is 9.96. The Morgan fingerprint density at radius 1 is 1.23 bits per heavy atom. The van der Waals surface area contributed by atoms with Crippen molar-refractivity contribution in [3.05, 3.63) is 0 Å². The molecule has 0 aromatic heterocycles. The molecule has 0 aromatic carbocycles. The van der Waals surface area contributed by atoms with Gasteiger partial charge in [0.15, 0.2) is 0 Å². The summed E-state index contributed by atoms with van der Waals surface area (Å²) in [5.74, 6) is -0.0349. The molecule has 0 heterocycles. The van der Waals surface area contributed by atoms with Gasteiger partial charge in [-0.05, 0) is 18.8 Å². The molecular weight excluding hydrogens is 181 g/mol. The average molecular weight is 198 g/mol. The predicted octanol–water partition coefficient (Wildman–Crippen LogP) is 3.13. The smallest absolute Gasteiger partial charge is 0.389 e. The van der Waals surface area contributed by atoms with Gasteiger partial charge >= 0.3 is 6.18 Å². The van der Waals surface area contributed by atoms with E-state index in [1.54, 1.807) is 6.92 Å². The third-order valence-electron chi connectivity index (χ3n) is 2.12. The van der Waals surface area contributed by atoms with Crippen molar-refractivity contribution < 1.29 is 18.3 Å². The van der Waals surface area contributed by atoms with Gasteiger partial charge in [0.25, 0.3) is 0 Å². The first-order chi connectivity index (χ1) is 5.87. The molecule has 13 heavy (non-hydrogen) atoms. The van der Waals surface area contributed by atoms with E-state index in [4.69, 9.17) is 0 Å². The molecule has 0 amide bonds. The Morgan fingerprint density at radius 3 is 2.15 bits per heavy atom. The minimum atomic E-state index is -4.15. The number of hydrogen-bond acceptors (Lipinski definition) is 1. The summed E-state index contributed by atoms with van der Waals surface area (Å²) in [6.45, 7) is 3.73. The van der Waals surface area contributed by atoms with Crippen molar-refractivity contribution in [3.63, 3.8) is 0 Å². The molecule has 0 aromatic rings. The second kappa shape index (κ2) is 5.47. The molecule has 4 heteroatoms. The molecule has 0 aliphatic carbocycles. The van der Waals surface area contributed by atoms with Crippen LogP contribution in [0.4, 0.5) is 13.2 Å². The second-order valence-electron chi connectivity index (χ2n) is 3.49. The van der Waals surface area contributed by atoms with Crippen LogP contribution >= 0.6 is 0 Å². The van der Waals surface area contributed by atoms with Crippen LogP contribution in [0.2, 0.25) is 0 Å². The number of alkyl halides is 3. The van der Waals surface area contributed by atoms with Gasteiger partial charge in [-0.25, -0.2) is 0 Å². The zero-order chi connectivity index (χ0) is 10.5. The molecule has 1 N–H and O–H groups in total. The number of rotatable bonds is 5. The van der Waals surface area contributed by atoms with Crippen LogP contribution < -0.4 is 0 Å². The van der Waals surface area contributed by atoms with E-state index >= 15 is 0 Å². The van der Waals surface area contributed by atoms with E-state index in [1.807, 2.05) is 6.92 Å². The van der Waals surface area contributed by atoms with E-state index in [0.717, 1.165) is 12.8 Å². The van der Waals surface area contributed by atoms with E-state index in [9.17, 15) is 18.3 Å². The topological polar surface area (TPSA) is 20.2 Å². The lowest BCUT2D eigenvalue weighted by Gasteiger charge is -2.18. The van der Waals surface area contributed by atoms with Crippen molar-refractivity contribution in [2.24, 2.45) is 5.92 Å². The van der Waals surface area contributed by atoms with Gasteiger partial charge in [-0.2, -0.15) is 13.2 Å². The van der Waals surface area contributed by atoms with E-state index in [-0.39, 0.29) is 12.3 Å². The Morgan fingerprint density at radius 2 is 1.77 bits per heavy atom. The summed E-state index contributed by atoms with van der Waals surface area (Å²) < 4.78 is 35.3. The molecular formula is C9H17F3O. The molecule has 0 bridgehead atoms. The van der Waals surface area contributed by atoms with Gasteiger partial charge in [-0.15, -0.1) is 0 Å². The Hall–Kier alpha value is -0.250. The summed E-state index contributed by atoms with van der Waals surface area (Å²) >= 11 is 0. The number of aliphatic hydroxyl groups excluding tert-OH is 1. The molecule has 0 aliphatic rings. The zero-order valence-corrected chi connectivity index (χ0v) is 8.06. The number of halogens is 3. The van der Waals surface area contributed by atoms with Crippen LogP contribution in [-0.2, 0) is 0 Å². The molecule has 0 aliphatic heterocycles. The number of aliphatic hydroxyl groups is 1. The van der Waals surface area contributed by atoms with Gasteiger partial charge in [-0.3, -0.25) is 0 Å². The van der Waals surface area contributed by atoms with Crippen molar-refractivity contribution in [2.45, 2.75) is 51.8 Å². The van der Waals surface area contributed by atoms with Crippen molar-refractivity contribution >= 4 is 0 Å². The van der Waals surface area contributed by atoms with Crippen LogP contribution in [0.1, 0.15) is 39.5 Å². The molecule has 1 nitrogen and oxygen atoms in total. The summed E-state index contributed by atoms with van der Waals surface area (Å²) in [4.78, 5) is 0. The normalized spacial score (nSPS) is 17.1. The van der Waals surface area contributed by atoms with E-state index in [2.05, 4.69) is 0 Å². The Kier molecular flexibility index (Phi) is 5.37. The fourth-order valence-electron chi connectivity index (χ4n) is 1.24. The lowest BCUT2D eigenvalue weighted by molar-refractivity contribution is -0.141. The van der Waals surface area contributed by atoms with Gasteiger partial charge in [-0.1, -0.05) is 20.3 Å². The maximum Gasteiger partial charge on any atom is 0.389 e. The molecule has 0 saturated carbocycles. The van der Waals surface area contributed by atoms with E-state index in [0.29, 0.717) is 0 Å². The van der Waals surface area contributed by atoms with Crippen LogP contribution in [0.3, 0.4) is 0 Å². The van der Waals surface area contributed by atoms with Crippen molar-refractivity contribution in [2.75, 3.05) is 0 Å². The highest BCUT2D eigenvalue weighted by Gasteiger charge is 2.28. The van der Waals surface area contributed by atoms with Crippen molar-refractivity contribution in [3.8, 4) is 0 Å². The Labute approximate surface area is 76.9 Å². The van der Waals surface area contributed by atoms with E-state index in [1.165, 1.54) is 0 Å². The highest BCUT2D eigenvalue weighted by Crippen LogP contribution is 2.25. The molecule has 0 fully saturated rings. The fourth-order valence-corrected chi connectivity index (χ4v) is 1.24. The molecule has 0 radical (unpaired) electrons. The molecule has 0 saturated heterocycles. The zero-order valence-electron chi connectivity index (χ0n) is 8.06. The fraction of sp³-hybridized carbons (Fsp3) is 1.00. The predicted molar refractivity (Wildman–Crippen MR) is 45.4 cm³/mol. The largest absolute Gasteiger partial charge is 0.393 e. The molecule has 2 atom stereocenters. The van der Waals surface area contributed by atoms with Gasteiger partial charge in [0.05, 0.1) is 6.10 Å². The molecule has 2 unspecified atom stereocenters. The summed E-state index contributed by atoms with van der Waals surface area (Å²) in [6, 6.07) is 0. The second-order valence-corrected chi connectivity index (χ2v) is 3.49. The third kappa shape index (κ3) is 6.87.